The van der Waals surface area contributed by atoms with Crippen LogP contribution in [0.1, 0.15) is 33.3 Å². The topological polar surface area (TPSA) is 44.8 Å². The lowest BCUT2D eigenvalue weighted by Gasteiger charge is -2.14. The number of benzene rings is 1. The van der Waals surface area contributed by atoms with Gasteiger partial charge in [-0.3, -0.25) is 4.79 Å². The van der Waals surface area contributed by atoms with E-state index in [1.807, 2.05) is 45.9 Å². The van der Waals surface area contributed by atoms with Crippen LogP contribution in [0.4, 0.5) is 0 Å². The highest BCUT2D eigenvalue weighted by molar-refractivity contribution is 5.72. The third-order valence-electron chi connectivity index (χ3n) is 2.84. The number of hydrogen-bond donors (Lipinski definition) is 0. The molecule has 0 amide bonds. The van der Waals surface area contributed by atoms with Gasteiger partial charge in [0.25, 0.3) is 0 Å². The second-order valence-electron chi connectivity index (χ2n) is 4.50. The molecule has 1 unspecified atom stereocenters. The molecule has 112 valence electrons. The minimum atomic E-state index is -0.167. The first-order valence-corrected chi connectivity index (χ1v) is 7.17. The lowest BCUT2D eigenvalue weighted by Crippen LogP contribution is -2.17. The van der Waals surface area contributed by atoms with E-state index in [-0.39, 0.29) is 11.9 Å². The Labute approximate surface area is 121 Å². The summed E-state index contributed by atoms with van der Waals surface area (Å²) in [5.74, 6) is 1.13. The van der Waals surface area contributed by atoms with Gasteiger partial charge in [0, 0.05) is 0 Å². The first-order chi connectivity index (χ1) is 9.62. The van der Waals surface area contributed by atoms with E-state index in [9.17, 15) is 4.79 Å². The fourth-order valence-corrected chi connectivity index (χ4v) is 1.94. The molecule has 1 rings (SSSR count). The molecule has 20 heavy (non-hydrogen) atoms. The Kier molecular flexibility index (Phi) is 6.91. The summed E-state index contributed by atoms with van der Waals surface area (Å²) in [4.78, 5) is 11.6. The highest BCUT2D eigenvalue weighted by Gasteiger charge is 2.16. The maximum Gasteiger partial charge on any atom is 0.308 e. The smallest absolute Gasteiger partial charge is 0.308 e. The number of carbonyl (C=O) groups is 1. The largest absolute Gasteiger partial charge is 0.490 e. The first kappa shape index (κ1) is 16.3. The van der Waals surface area contributed by atoms with Crippen LogP contribution in [-0.2, 0) is 16.0 Å². The summed E-state index contributed by atoms with van der Waals surface area (Å²) in [6.07, 6.45) is 0.630. The average molecular weight is 280 g/mol. The zero-order valence-corrected chi connectivity index (χ0v) is 12.8. The number of esters is 1. The summed E-state index contributed by atoms with van der Waals surface area (Å²) in [7, 11) is 0. The van der Waals surface area contributed by atoms with Crippen molar-refractivity contribution in [2.75, 3.05) is 19.8 Å². The number of ether oxygens (including phenoxy) is 3. The van der Waals surface area contributed by atoms with Crippen molar-refractivity contribution < 1.29 is 19.0 Å². The normalized spacial score (nSPS) is 11.8. The van der Waals surface area contributed by atoms with E-state index < -0.39 is 0 Å². The van der Waals surface area contributed by atoms with Gasteiger partial charge in [-0.1, -0.05) is 13.0 Å². The Hall–Kier alpha value is -1.71. The van der Waals surface area contributed by atoms with Gasteiger partial charge in [-0.25, -0.2) is 0 Å². The summed E-state index contributed by atoms with van der Waals surface area (Å²) >= 11 is 0. The number of rotatable bonds is 8. The second-order valence-corrected chi connectivity index (χ2v) is 4.50. The SMILES string of the molecule is CCOC(=O)C(C)Cc1ccc(OCC)c(OCC)c1. The summed E-state index contributed by atoms with van der Waals surface area (Å²) in [6.45, 7) is 9.14. The molecule has 0 aliphatic rings. The molecule has 0 bridgehead atoms. The maximum atomic E-state index is 11.6. The third-order valence-corrected chi connectivity index (χ3v) is 2.84. The lowest BCUT2D eigenvalue weighted by molar-refractivity contribution is -0.147. The van der Waals surface area contributed by atoms with Crippen LogP contribution < -0.4 is 9.47 Å². The lowest BCUT2D eigenvalue weighted by atomic mass is 10.0. The van der Waals surface area contributed by atoms with Crippen LogP contribution >= 0.6 is 0 Å². The molecule has 0 aliphatic carbocycles. The van der Waals surface area contributed by atoms with Crippen molar-refractivity contribution in [3.63, 3.8) is 0 Å². The minimum Gasteiger partial charge on any atom is -0.490 e. The van der Waals surface area contributed by atoms with Crippen LogP contribution in [0.25, 0.3) is 0 Å². The molecule has 0 heterocycles. The fourth-order valence-electron chi connectivity index (χ4n) is 1.94. The second kappa shape index (κ2) is 8.46. The molecular weight excluding hydrogens is 256 g/mol. The van der Waals surface area contributed by atoms with Gasteiger partial charge in [0.05, 0.1) is 25.7 Å². The summed E-state index contributed by atoms with van der Waals surface area (Å²) in [5.41, 5.74) is 1.04. The Balaban J connectivity index is 2.80. The molecule has 0 N–H and O–H groups in total. The molecule has 0 aromatic heterocycles. The van der Waals surface area contributed by atoms with Gasteiger partial charge in [0.15, 0.2) is 11.5 Å². The monoisotopic (exact) mass is 280 g/mol. The van der Waals surface area contributed by atoms with E-state index >= 15 is 0 Å². The fraction of sp³-hybridized carbons (Fsp3) is 0.562. The highest BCUT2D eigenvalue weighted by atomic mass is 16.5. The Bertz CT molecular complexity index is 428. The van der Waals surface area contributed by atoms with Crippen molar-refractivity contribution in [3.05, 3.63) is 23.8 Å². The zero-order chi connectivity index (χ0) is 15.0. The molecule has 0 fully saturated rings. The predicted molar refractivity (Wildman–Crippen MR) is 78.3 cm³/mol. The van der Waals surface area contributed by atoms with Crippen molar-refractivity contribution in [1.82, 2.24) is 0 Å². The molecule has 0 spiro atoms. The molecule has 0 saturated carbocycles. The van der Waals surface area contributed by atoms with Crippen LogP contribution in [0.2, 0.25) is 0 Å². The van der Waals surface area contributed by atoms with Crippen LogP contribution in [0.5, 0.6) is 11.5 Å². The van der Waals surface area contributed by atoms with Crippen molar-refractivity contribution in [1.29, 1.82) is 0 Å². The number of hydrogen-bond acceptors (Lipinski definition) is 4. The summed E-state index contributed by atoms with van der Waals surface area (Å²) < 4.78 is 16.1. The quantitative estimate of drug-likeness (QED) is 0.686. The van der Waals surface area contributed by atoms with E-state index in [1.165, 1.54) is 0 Å². The Morgan fingerprint density at radius 1 is 1.05 bits per heavy atom. The summed E-state index contributed by atoms with van der Waals surface area (Å²) in [5, 5.41) is 0. The molecule has 1 atom stereocenters. The zero-order valence-electron chi connectivity index (χ0n) is 12.8. The standard InChI is InChI=1S/C16H24O4/c1-5-18-14-9-8-13(11-15(14)19-6-2)10-12(4)16(17)20-7-3/h8-9,11-12H,5-7,10H2,1-4H3. The Morgan fingerprint density at radius 3 is 2.30 bits per heavy atom. The van der Waals surface area contributed by atoms with Crippen LogP contribution in [0, 0.1) is 5.92 Å². The van der Waals surface area contributed by atoms with Crippen LogP contribution in [-0.4, -0.2) is 25.8 Å². The van der Waals surface area contributed by atoms with Crippen molar-refractivity contribution >= 4 is 5.97 Å². The molecule has 4 heteroatoms. The molecule has 0 saturated heterocycles. The number of carbonyl (C=O) groups excluding carboxylic acids is 1. The average Bonchev–Trinajstić information content (AvgIpc) is 2.42. The molecular formula is C16H24O4. The predicted octanol–water partition coefficient (Wildman–Crippen LogP) is 3.23. The van der Waals surface area contributed by atoms with Gasteiger partial charge in [-0.2, -0.15) is 0 Å². The minimum absolute atomic E-state index is 0.164. The first-order valence-electron chi connectivity index (χ1n) is 7.17. The van der Waals surface area contributed by atoms with Gasteiger partial charge in [0.1, 0.15) is 0 Å². The third kappa shape index (κ3) is 4.76. The van der Waals surface area contributed by atoms with Gasteiger partial charge in [-0.15, -0.1) is 0 Å². The molecule has 0 aliphatic heterocycles. The maximum absolute atomic E-state index is 11.6. The van der Waals surface area contributed by atoms with Crippen molar-refractivity contribution in [3.8, 4) is 11.5 Å². The summed E-state index contributed by atoms with van der Waals surface area (Å²) in [6, 6.07) is 5.79. The highest BCUT2D eigenvalue weighted by Crippen LogP contribution is 2.29. The van der Waals surface area contributed by atoms with Crippen molar-refractivity contribution in [2.24, 2.45) is 5.92 Å². The molecule has 1 aromatic carbocycles. The van der Waals surface area contributed by atoms with Gasteiger partial charge < -0.3 is 14.2 Å². The van der Waals surface area contributed by atoms with Crippen LogP contribution in [0.3, 0.4) is 0 Å². The van der Waals surface area contributed by atoms with Gasteiger partial charge >= 0.3 is 5.97 Å². The molecule has 1 aromatic rings. The van der Waals surface area contributed by atoms with Gasteiger partial charge in [-0.05, 0) is 44.9 Å². The Morgan fingerprint density at radius 2 is 1.70 bits per heavy atom. The molecule has 0 radical (unpaired) electrons. The molecule has 4 nitrogen and oxygen atoms in total. The van der Waals surface area contributed by atoms with Crippen molar-refractivity contribution in [2.45, 2.75) is 34.1 Å². The van der Waals surface area contributed by atoms with E-state index in [0.717, 1.165) is 17.1 Å². The van der Waals surface area contributed by atoms with E-state index in [4.69, 9.17) is 14.2 Å². The van der Waals surface area contributed by atoms with Gasteiger partial charge in [0.2, 0.25) is 0 Å². The van der Waals surface area contributed by atoms with E-state index in [1.54, 1.807) is 0 Å². The van der Waals surface area contributed by atoms with Crippen LogP contribution in [0.15, 0.2) is 18.2 Å². The van der Waals surface area contributed by atoms with E-state index in [0.29, 0.717) is 26.2 Å². The van der Waals surface area contributed by atoms with E-state index in [2.05, 4.69) is 0 Å².